The van der Waals surface area contributed by atoms with Crippen LogP contribution in [0.3, 0.4) is 0 Å². The quantitative estimate of drug-likeness (QED) is 0.366. The standard InChI is InChI=1S/C25H20N6OS/c1-16-9-11-19(12-10-16)30-23(32)20-7-3-4-8-21(20)31-24(30)27-28-25(31)33-15-18-14-29-13-5-6-17(2)22(29)26-18/h3-14H,15H2,1-2H3. The summed E-state index contributed by atoms with van der Waals surface area (Å²) >= 11 is 1.56. The third-order valence-electron chi connectivity index (χ3n) is 5.76. The van der Waals surface area contributed by atoms with E-state index in [0.717, 1.165) is 38.8 Å². The van der Waals surface area contributed by atoms with E-state index >= 15 is 0 Å². The van der Waals surface area contributed by atoms with Crippen molar-refractivity contribution >= 4 is 34.1 Å². The van der Waals surface area contributed by atoms with Crippen molar-refractivity contribution in [1.82, 2.24) is 28.5 Å². The molecule has 0 N–H and O–H groups in total. The lowest BCUT2D eigenvalue weighted by molar-refractivity contribution is 0.929. The Morgan fingerprint density at radius 3 is 2.58 bits per heavy atom. The topological polar surface area (TPSA) is 69.5 Å². The molecular formula is C25H20N6OS. The molecule has 6 aromatic rings. The minimum absolute atomic E-state index is 0.110. The molecule has 0 aliphatic heterocycles. The highest BCUT2D eigenvalue weighted by Gasteiger charge is 2.18. The molecule has 0 atom stereocenters. The summed E-state index contributed by atoms with van der Waals surface area (Å²) in [7, 11) is 0. The Balaban J connectivity index is 1.49. The van der Waals surface area contributed by atoms with Crippen LogP contribution < -0.4 is 5.56 Å². The van der Waals surface area contributed by atoms with E-state index in [1.807, 2.05) is 82.7 Å². The minimum Gasteiger partial charge on any atom is -0.307 e. The molecule has 0 radical (unpaired) electrons. The number of thioether (sulfide) groups is 1. The van der Waals surface area contributed by atoms with Gasteiger partial charge in [-0.1, -0.05) is 47.7 Å². The van der Waals surface area contributed by atoms with Crippen LogP contribution in [0.4, 0.5) is 0 Å². The van der Waals surface area contributed by atoms with Crippen molar-refractivity contribution in [3.8, 4) is 5.69 Å². The van der Waals surface area contributed by atoms with Gasteiger partial charge in [0.15, 0.2) is 5.16 Å². The first-order chi connectivity index (χ1) is 16.1. The number of nitrogens with zero attached hydrogens (tertiary/aromatic N) is 6. The summed E-state index contributed by atoms with van der Waals surface area (Å²) in [5.41, 5.74) is 5.63. The Labute approximate surface area is 193 Å². The van der Waals surface area contributed by atoms with Crippen LogP contribution in [-0.4, -0.2) is 28.5 Å². The molecule has 0 saturated heterocycles. The SMILES string of the molecule is Cc1ccc(-n2c(=O)c3ccccc3n3c(SCc4cn5cccc(C)c5n4)nnc23)cc1. The van der Waals surface area contributed by atoms with Crippen molar-refractivity contribution < 1.29 is 0 Å². The summed E-state index contributed by atoms with van der Waals surface area (Å²) in [6.07, 6.45) is 4.04. The second-order valence-electron chi connectivity index (χ2n) is 8.05. The normalized spacial score (nSPS) is 11.7. The number of benzene rings is 2. The van der Waals surface area contributed by atoms with E-state index in [1.54, 1.807) is 16.3 Å². The van der Waals surface area contributed by atoms with Gasteiger partial charge in [0.05, 0.1) is 22.3 Å². The molecule has 7 nitrogen and oxygen atoms in total. The highest BCUT2D eigenvalue weighted by molar-refractivity contribution is 7.98. The van der Waals surface area contributed by atoms with Gasteiger partial charge in [-0.2, -0.15) is 0 Å². The molecule has 0 aliphatic carbocycles. The van der Waals surface area contributed by atoms with Crippen LogP contribution in [0.25, 0.3) is 28.0 Å². The molecule has 33 heavy (non-hydrogen) atoms. The number of hydrogen-bond acceptors (Lipinski definition) is 5. The Morgan fingerprint density at radius 1 is 0.939 bits per heavy atom. The second kappa shape index (κ2) is 7.60. The van der Waals surface area contributed by atoms with E-state index in [0.29, 0.717) is 16.9 Å². The third kappa shape index (κ3) is 3.22. The molecule has 8 heteroatoms. The van der Waals surface area contributed by atoms with E-state index in [1.165, 1.54) is 0 Å². The summed E-state index contributed by atoms with van der Waals surface area (Å²) in [5, 5.41) is 10.2. The number of imidazole rings is 1. The van der Waals surface area contributed by atoms with Gasteiger partial charge >= 0.3 is 0 Å². The van der Waals surface area contributed by atoms with Crippen LogP contribution in [0.1, 0.15) is 16.8 Å². The van der Waals surface area contributed by atoms with Gasteiger partial charge in [0.25, 0.3) is 5.56 Å². The zero-order valence-corrected chi connectivity index (χ0v) is 19.0. The van der Waals surface area contributed by atoms with Crippen molar-refractivity contribution in [3.63, 3.8) is 0 Å². The average Bonchev–Trinajstić information content (AvgIpc) is 3.44. The number of para-hydroxylation sites is 1. The monoisotopic (exact) mass is 452 g/mol. The zero-order valence-electron chi connectivity index (χ0n) is 18.1. The highest BCUT2D eigenvalue weighted by Crippen LogP contribution is 2.26. The van der Waals surface area contributed by atoms with Crippen molar-refractivity contribution in [2.24, 2.45) is 0 Å². The lowest BCUT2D eigenvalue weighted by atomic mass is 10.2. The maximum Gasteiger partial charge on any atom is 0.267 e. The molecule has 0 spiro atoms. The molecule has 0 amide bonds. The molecular weight excluding hydrogens is 432 g/mol. The van der Waals surface area contributed by atoms with Crippen molar-refractivity contribution in [2.75, 3.05) is 0 Å². The number of aryl methyl sites for hydroxylation is 2. The molecule has 0 unspecified atom stereocenters. The fraction of sp³-hybridized carbons (Fsp3) is 0.120. The summed E-state index contributed by atoms with van der Waals surface area (Å²) in [4.78, 5) is 18.2. The van der Waals surface area contributed by atoms with E-state index in [9.17, 15) is 4.79 Å². The number of hydrogen-bond donors (Lipinski definition) is 0. The first kappa shape index (κ1) is 19.8. The van der Waals surface area contributed by atoms with Crippen LogP contribution in [0.2, 0.25) is 0 Å². The Hall–Kier alpha value is -3.91. The van der Waals surface area contributed by atoms with E-state index < -0.39 is 0 Å². The van der Waals surface area contributed by atoms with Crippen LogP contribution in [0, 0.1) is 13.8 Å². The lowest BCUT2D eigenvalue weighted by Crippen LogP contribution is -2.21. The first-order valence-electron chi connectivity index (χ1n) is 10.6. The lowest BCUT2D eigenvalue weighted by Gasteiger charge is -2.11. The van der Waals surface area contributed by atoms with Crippen molar-refractivity contribution in [3.05, 3.63) is 100 Å². The zero-order chi connectivity index (χ0) is 22.5. The molecule has 162 valence electrons. The predicted molar refractivity (Wildman–Crippen MR) is 130 cm³/mol. The Kier molecular flexibility index (Phi) is 4.55. The largest absolute Gasteiger partial charge is 0.307 e. The Bertz CT molecular complexity index is 1710. The van der Waals surface area contributed by atoms with Gasteiger partial charge in [-0.05, 0) is 49.7 Å². The minimum atomic E-state index is -0.110. The first-order valence-corrected chi connectivity index (χ1v) is 11.6. The fourth-order valence-electron chi connectivity index (χ4n) is 4.11. The third-order valence-corrected chi connectivity index (χ3v) is 6.73. The van der Waals surface area contributed by atoms with Crippen LogP contribution in [-0.2, 0) is 5.75 Å². The molecule has 0 bridgehead atoms. The van der Waals surface area contributed by atoms with Crippen LogP contribution >= 0.6 is 11.8 Å². The molecule has 0 fully saturated rings. The molecule has 4 heterocycles. The molecule has 4 aromatic heterocycles. The number of rotatable bonds is 4. The van der Waals surface area contributed by atoms with Crippen molar-refractivity contribution in [2.45, 2.75) is 24.8 Å². The van der Waals surface area contributed by atoms with E-state index in [4.69, 9.17) is 4.98 Å². The maximum absolute atomic E-state index is 13.4. The average molecular weight is 453 g/mol. The molecule has 0 saturated carbocycles. The smallest absolute Gasteiger partial charge is 0.267 e. The summed E-state index contributed by atoms with van der Waals surface area (Å²) in [5.74, 6) is 1.13. The van der Waals surface area contributed by atoms with E-state index in [2.05, 4.69) is 23.2 Å². The van der Waals surface area contributed by atoms with Gasteiger partial charge in [-0.25, -0.2) is 9.55 Å². The number of pyridine rings is 1. The van der Waals surface area contributed by atoms with Crippen LogP contribution in [0.5, 0.6) is 0 Å². The van der Waals surface area contributed by atoms with Gasteiger partial charge < -0.3 is 4.40 Å². The van der Waals surface area contributed by atoms with Gasteiger partial charge in [0.2, 0.25) is 5.78 Å². The van der Waals surface area contributed by atoms with Gasteiger partial charge in [-0.15, -0.1) is 10.2 Å². The Morgan fingerprint density at radius 2 is 1.76 bits per heavy atom. The molecule has 2 aromatic carbocycles. The molecule has 6 rings (SSSR count). The molecule has 0 aliphatic rings. The van der Waals surface area contributed by atoms with Gasteiger partial charge in [-0.3, -0.25) is 9.20 Å². The number of fused-ring (bicyclic) bond motifs is 4. The summed E-state index contributed by atoms with van der Waals surface area (Å²) in [6.45, 7) is 4.08. The van der Waals surface area contributed by atoms with Gasteiger partial charge in [0.1, 0.15) is 5.65 Å². The summed E-state index contributed by atoms with van der Waals surface area (Å²) < 4.78 is 5.63. The second-order valence-corrected chi connectivity index (χ2v) is 9.00. The fourth-order valence-corrected chi connectivity index (χ4v) is 4.93. The predicted octanol–water partition coefficient (Wildman–Crippen LogP) is 4.59. The summed E-state index contributed by atoms with van der Waals surface area (Å²) in [6, 6.07) is 19.5. The van der Waals surface area contributed by atoms with Crippen LogP contribution in [0.15, 0.2) is 83.0 Å². The maximum atomic E-state index is 13.4. The van der Waals surface area contributed by atoms with E-state index in [-0.39, 0.29) is 5.56 Å². The van der Waals surface area contributed by atoms with Gasteiger partial charge in [0, 0.05) is 18.1 Å². The number of aromatic nitrogens is 6. The highest BCUT2D eigenvalue weighted by atomic mass is 32.2. The van der Waals surface area contributed by atoms with Crippen molar-refractivity contribution in [1.29, 1.82) is 0 Å².